The van der Waals surface area contributed by atoms with Gasteiger partial charge in [-0.05, 0) is 69.8 Å². The van der Waals surface area contributed by atoms with Crippen LogP contribution in [-0.4, -0.2) is 19.9 Å². The average molecular weight is 799 g/mol. The Balaban J connectivity index is 1.72. The lowest BCUT2D eigenvalue weighted by Crippen LogP contribution is -2.20. The Labute approximate surface area is 362 Å². The first-order valence-corrected chi connectivity index (χ1v) is 21.8. The first-order valence-electron chi connectivity index (χ1n) is 21.8. The van der Waals surface area contributed by atoms with Crippen LogP contribution in [0.1, 0.15) is 159 Å². The largest absolute Gasteiger partial charge is 0.257 e. The summed E-state index contributed by atoms with van der Waals surface area (Å²) in [4.78, 5) is 21.8. The first kappa shape index (κ1) is 44.6. The summed E-state index contributed by atoms with van der Waals surface area (Å²) in [5.74, 6) is 0. The van der Waals surface area contributed by atoms with Gasteiger partial charge in [-0.1, -0.05) is 185 Å². The summed E-state index contributed by atoms with van der Waals surface area (Å²) in [6.07, 6.45) is 0. The minimum atomic E-state index is -0.190. The summed E-state index contributed by atoms with van der Waals surface area (Å²) in [7, 11) is 0. The second-order valence-corrected chi connectivity index (χ2v) is 23.0. The molecule has 0 amide bonds. The third-order valence-corrected chi connectivity index (χ3v) is 11.3. The van der Waals surface area contributed by atoms with Gasteiger partial charge in [-0.2, -0.15) is 0 Å². The van der Waals surface area contributed by atoms with Gasteiger partial charge in [0.05, 0.1) is 11.4 Å². The van der Waals surface area contributed by atoms with Crippen LogP contribution >= 0.6 is 0 Å². The minimum absolute atomic E-state index is 0.123. The van der Waals surface area contributed by atoms with Crippen molar-refractivity contribution >= 4 is 0 Å². The molecule has 4 heterocycles. The van der Waals surface area contributed by atoms with Crippen molar-refractivity contribution < 1.29 is 0 Å². The van der Waals surface area contributed by atoms with Crippen molar-refractivity contribution in [3.8, 4) is 55.9 Å². The Morgan fingerprint density at radius 1 is 0.250 bits per heavy atom. The highest BCUT2D eigenvalue weighted by Crippen LogP contribution is 2.45. The van der Waals surface area contributed by atoms with Crippen LogP contribution in [-0.2, 0) is 32.5 Å². The van der Waals surface area contributed by atoms with Crippen LogP contribution in [0.3, 0.4) is 0 Å². The van der Waals surface area contributed by atoms with Crippen molar-refractivity contribution in [2.75, 3.05) is 0 Å². The highest BCUT2D eigenvalue weighted by Gasteiger charge is 2.29. The monoisotopic (exact) mass is 799 g/mol. The van der Waals surface area contributed by atoms with Gasteiger partial charge in [-0.15, -0.1) is 0 Å². The van der Waals surface area contributed by atoms with Crippen LogP contribution in [0.25, 0.3) is 55.9 Å². The van der Waals surface area contributed by atoms with Crippen LogP contribution in [0.2, 0.25) is 0 Å². The Hall–Kier alpha value is -4.96. The van der Waals surface area contributed by atoms with Crippen LogP contribution in [0, 0.1) is 0 Å². The zero-order chi connectivity index (χ0) is 44.4. The molecule has 0 atom stereocenters. The predicted octanol–water partition coefficient (Wildman–Crippen LogP) is 15.4. The van der Waals surface area contributed by atoms with Crippen molar-refractivity contribution in [3.05, 3.63) is 131 Å². The number of aromatic nitrogens is 4. The van der Waals surface area contributed by atoms with Crippen LogP contribution < -0.4 is 0 Å². The maximum atomic E-state index is 5.66. The molecular weight excluding hydrogens is 729 g/mol. The van der Waals surface area contributed by atoms with Gasteiger partial charge in [-0.25, -0.2) is 9.97 Å². The molecular formula is C56H70N4. The zero-order valence-corrected chi connectivity index (χ0v) is 40.0. The molecule has 4 heteroatoms. The van der Waals surface area contributed by atoms with Crippen molar-refractivity contribution in [1.29, 1.82) is 0 Å². The van der Waals surface area contributed by atoms with Crippen LogP contribution in [0.15, 0.2) is 97.1 Å². The zero-order valence-electron chi connectivity index (χ0n) is 40.0. The molecule has 0 spiro atoms. The molecule has 0 fully saturated rings. The second kappa shape index (κ2) is 15.5. The van der Waals surface area contributed by atoms with Crippen molar-refractivity contribution in [2.45, 2.75) is 157 Å². The summed E-state index contributed by atoms with van der Waals surface area (Å²) in [6, 6.07) is 35.8. The summed E-state index contributed by atoms with van der Waals surface area (Å²) < 4.78 is 0. The highest BCUT2D eigenvalue weighted by molar-refractivity contribution is 5.96. The minimum Gasteiger partial charge on any atom is -0.257 e. The Morgan fingerprint density at radius 2 is 0.500 bits per heavy atom. The van der Waals surface area contributed by atoms with Crippen LogP contribution in [0.4, 0.5) is 0 Å². The fourth-order valence-corrected chi connectivity index (χ4v) is 7.40. The molecule has 0 saturated carbocycles. The molecule has 2 aromatic carbocycles. The van der Waals surface area contributed by atoms with E-state index in [4.69, 9.17) is 19.9 Å². The highest BCUT2D eigenvalue weighted by atomic mass is 14.8. The lowest BCUT2D eigenvalue weighted by atomic mass is 9.83. The fourth-order valence-electron chi connectivity index (χ4n) is 7.40. The topological polar surface area (TPSA) is 51.6 Å². The smallest absolute Gasteiger partial charge is 0.0974 e. The van der Waals surface area contributed by atoms with E-state index >= 15 is 0 Å². The molecule has 0 aliphatic carbocycles. The number of hydrogen-bond donors (Lipinski definition) is 0. The quantitative estimate of drug-likeness (QED) is 0.174. The Bertz CT molecular complexity index is 2290. The van der Waals surface area contributed by atoms with Crippen LogP contribution in [0.5, 0.6) is 0 Å². The van der Waals surface area contributed by atoms with Gasteiger partial charge < -0.3 is 0 Å². The molecule has 314 valence electrons. The maximum absolute atomic E-state index is 5.66. The van der Waals surface area contributed by atoms with E-state index in [0.717, 1.165) is 90.1 Å². The number of benzene rings is 2. The molecule has 6 rings (SSSR count). The standard InChI is InChI=1S/C56H70N4/c1-51(2,3)43-29-27-41(39-25-21-19-23-37(39)35-31-45(53(7,8)9)57-46(32-35)54(10,11)12)49(59-43)50-42(28-30-44(60-50)52(4,5)6)40-26-22-20-24-38(40)36-33-47(55(13,14)15)58-48(34-36)56(16,17)18/h19-34H,1-18H3. The number of rotatable bonds is 5. The van der Waals surface area contributed by atoms with Gasteiger partial charge in [0.2, 0.25) is 0 Å². The summed E-state index contributed by atoms with van der Waals surface area (Å²) in [5, 5.41) is 0. The molecule has 0 aliphatic heterocycles. The third kappa shape index (κ3) is 9.49. The van der Waals surface area contributed by atoms with Crippen molar-refractivity contribution in [3.63, 3.8) is 0 Å². The van der Waals surface area contributed by atoms with E-state index in [0.29, 0.717) is 0 Å². The molecule has 0 N–H and O–H groups in total. The molecule has 0 saturated heterocycles. The molecule has 4 nitrogen and oxygen atoms in total. The second-order valence-electron chi connectivity index (χ2n) is 23.0. The van der Waals surface area contributed by atoms with Gasteiger partial charge >= 0.3 is 0 Å². The molecule has 60 heavy (non-hydrogen) atoms. The SMILES string of the molecule is CC(C)(C)c1cc(-c2ccccc2-c2ccc(C(C)(C)C)nc2-c2nc(C(C)(C)C)ccc2-c2ccccc2-c2cc(C(C)(C)C)nc(C(C)(C)C)c2)cc(C(C)(C)C)n1. The van der Waals surface area contributed by atoms with Crippen molar-refractivity contribution in [2.24, 2.45) is 0 Å². The molecule has 0 unspecified atom stereocenters. The summed E-state index contributed by atoms with van der Waals surface area (Å²) in [6.45, 7) is 40.4. The number of nitrogens with zero attached hydrogens (tertiary/aromatic N) is 4. The number of pyridine rings is 4. The van der Waals surface area contributed by atoms with Gasteiger partial charge in [0.25, 0.3) is 0 Å². The van der Waals surface area contributed by atoms with E-state index in [1.807, 2.05) is 0 Å². The first-order chi connectivity index (χ1) is 27.5. The predicted molar refractivity (Wildman–Crippen MR) is 257 cm³/mol. The Morgan fingerprint density at radius 3 is 0.750 bits per heavy atom. The van der Waals surface area contributed by atoms with Gasteiger partial charge in [0.15, 0.2) is 0 Å². The summed E-state index contributed by atoms with van der Waals surface area (Å²) in [5.41, 5.74) is 16.2. The lowest BCUT2D eigenvalue weighted by molar-refractivity contribution is 0.531. The molecule has 0 bridgehead atoms. The lowest BCUT2D eigenvalue weighted by Gasteiger charge is -2.26. The van der Waals surface area contributed by atoms with E-state index < -0.39 is 0 Å². The molecule has 0 aliphatic rings. The Kier molecular flexibility index (Phi) is 11.5. The molecule has 4 aromatic heterocycles. The maximum Gasteiger partial charge on any atom is 0.0974 e. The van der Waals surface area contributed by atoms with E-state index in [9.17, 15) is 0 Å². The van der Waals surface area contributed by atoms with E-state index in [1.54, 1.807) is 0 Å². The van der Waals surface area contributed by atoms with Gasteiger partial charge in [-0.3, -0.25) is 9.97 Å². The van der Waals surface area contributed by atoms with Gasteiger partial charge in [0.1, 0.15) is 0 Å². The van der Waals surface area contributed by atoms with E-state index in [1.165, 1.54) is 0 Å². The molecule has 6 aromatic rings. The van der Waals surface area contributed by atoms with Crippen molar-refractivity contribution in [1.82, 2.24) is 19.9 Å². The van der Waals surface area contributed by atoms with E-state index in [-0.39, 0.29) is 32.5 Å². The third-order valence-electron chi connectivity index (χ3n) is 11.3. The average Bonchev–Trinajstić information content (AvgIpc) is 3.15. The normalized spacial score (nSPS) is 13.2. The van der Waals surface area contributed by atoms with Gasteiger partial charge in [0, 0.05) is 77.8 Å². The fraction of sp³-hybridized carbons (Fsp3) is 0.429. The molecule has 0 radical (unpaired) electrons. The summed E-state index contributed by atoms with van der Waals surface area (Å²) >= 11 is 0. The van der Waals surface area contributed by atoms with E-state index in [2.05, 4.69) is 222 Å². The number of hydrogen-bond acceptors (Lipinski definition) is 4.